The number of carbonyl (C=O) groups is 1. The molecule has 1 aliphatic heterocycles. The number of hydrogen-bond donors (Lipinski definition) is 1. The third-order valence-electron chi connectivity index (χ3n) is 5.29. The van der Waals surface area contributed by atoms with Crippen LogP contribution in [0.15, 0.2) is 71.8 Å². The van der Waals surface area contributed by atoms with Crippen LogP contribution < -0.4 is 15.1 Å². The van der Waals surface area contributed by atoms with Gasteiger partial charge in [-0.3, -0.25) is 4.79 Å². The average molecular weight is 468 g/mol. The van der Waals surface area contributed by atoms with Gasteiger partial charge in [-0.1, -0.05) is 41.4 Å². The molecule has 0 spiro atoms. The van der Waals surface area contributed by atoms with Gasteiger partial charge in [-0.15, -0.1) is 0 Å². The molecule has 0 bridgehead atoms. The van der Waals surface area contributed by atoms with Crippen LogP contribution in [0.3, 0.4) is 0 Å². The molecule has 0 aromatic heterocycles. The fourth-order valence-electron chi connectivity index (χ4n) is 3.54. The number of carbonyl (C=O) groups excluding carboxylic acids is 1. The maximum atomic E-state index is 12.4. The molecule has 0 saturated carbocycles. The van der Waals surface area contributed by atoms with Crippen molar-refractivity contribution in [3.63, 3.8) is 0 Å². The summed E-state index contributed by atoms with van der Waals surface area (Å²) >= 11 is 12.2. The second-order valence-corrected chi connectivity index (χ2v) is 8.35. The molecule has 3 aromatic carbocycles. The van der Waals surface area contributed by atoms with Gasteiger partial charge in [0.15, 0.2) is 0 Å². The van der Waals surface area contributed by atoms with Crippen molar-refractivity contribution in [3.05, 3.63) is 93.5 Å². The van der Waals surface area contributed by atoms with E-state index in [-0.39, 0.29) is 12.5 Å². The van der Waals surface area contributed by atoms with E-state index in [0.717, 1.165) is 29.9 Å². The Morgan fingerprint density at radius 3 is 2.53 bits per heavy atom. The predicted octanol–water partition coefficient (Wildman–Crippen LogP) is 5.94. The summed E-state index contributed by atoms with van der Waals surface area (Å²) in [6.07, 6.45) is 4.00. The highest BCUT2D eigenvalue weighted by molar-refractivity contribution is 6.35. The maximum Gasteiger partial charge on any atom is 0.271 e. The Morgan fingerprint density at radius 2 is 1.78 bits per heavy atom. The van der Waals surface area contributed by atoms with E-state index in [1.807, 2.05) is 54.6 Å². The van der Waals surface area contributed by atoms with Crippen molar-refractivity contribution < 1.29 is 9.53 Å². The zero-order chi connectivity index (χ0) is 22.3. The summed E-state index contributed by atoms with van der Waals surface area (Å²) in [4.78, 5) is 14.8. The molecule has 0 aliphatic carbocycles. The molecule has 1 amide bonds. The number of benzene rings is 3. The normalized spacial score (nSPS) is 13.5. The van der Waals surface area contributed by atoms with Gasteiger partial charge in [-0.25, -0.2) is 5.43 Å². The average Bonchev–Trinajstić information content (AvgIpc) is 3.34. The second kappa shape index (κ2) is 10.5. The number of para-hydroxylation sites is 1. The number of hydrazone groups is 1. The zero-order valence-electron chi connectivity index (χ0n) is 17.4. The molecule has 1 saturated heterocycles. The van der Waals surface area contributed by atoms with Gasteiger partial charge in [0.05, 0.1) is 6.21 Å². The molecular weight excluding hydrogens is 445 g/mol. The highest BCUT2D eigenvalue weighted by atomic mass is 35.5. The molecule has 1 aliphatic rings. The van der Waals surface area contributed by atoms with Crippen LogP contribution in [0.1, 0.15) is 34.3 Å². The Balaban J connectivity index is 1.36. The van der Waals surface area contributed by atoms with Gasteiger partial charge in [-0.2, -0.15) is 5.10 Å². The number of hydrogen-bond acceptors (Lipinski definition) is 4. The van der Waals surface area contributed by atoms with E-state index in [1.54, 1.807) is 18.3 Å². The number of halogens is 2. The molecule has 3 aromatic rings. The highest BCUT2D eigenvalue weighted by Crippen LogP contribution is 2.24. The predicted molar refractivity (Wildman–Crippen MR) is 130 cm³/mol. The maximum absolute atomic E-state index is 12.4. The van der Waals surface area contributed by atoms with E-state index in [2.05, 4.69) is 15.4 Å². The van der Waals surface area contributed by atoms with Crippen LogP contribution in [0.5, 0.6) is 5.75 Å². The van der Waals surface area contributed by atoms with Crippen LogP contribution in [0.25, 0.3) is 0 Å². The number of nitrogens with zero attached hydrogens (tertiary/aromatic N) is 2. The SMILES string of the molecule is O=C(N/N=C\c1ccccc1OCc1ccc(Cl)cc1Cl)c1ccc(N2CCCC2)cc1. The van der Waals surface area contributed by atoms with E-state index >= 15 is 0 Å². The molecule has 7 heteroatoms. The molecule has 4 rings (SSSR count). The minimum absolute atomic E-state index is 0.263. The first kappa shape index (κ1) is 22.2. The van der Waals surface area contributed by atoms with Crippen molar-refractivity contribution in [1.29, 1.82) is 0 Å². The van der Waals surface area contributed by atoms with Gasteiger partial charge in [0.1, 0.15) is 12.4 Å². The number of rotatable bonds is 7. The lowest BCUT2D eigenvalue weighted by molar-refractivity contribution is 0.0955. The number of amides is 1. The van der Waals surface area contributed by atoms with Gasteiger partial charge in [0.25, 0.3) is 5.91 Å². The quantitative estimate of drug-likeness (QED) is 0.345. The van der Waals surface area contributed by atoms with Crippen LogP contribution in [0.4, 0.5) is 5.69 Å². The molecule has 0 radical (unpaired) electrons. The lowest BCUT2D eigenvalue weighted by Gasteiger charge is -2.17. The van der Waals surface area contributed by atoms with Crippen LogP contribution in [-0.2, 0) is 6.61 Å². The monoisotopic (exact) mass is 467 g/mol. The van der Waals surface area contributed by atoms with Gasteiger partial charge in [0.2, 0.25) is 0 Å². The van der Waals surface area contributed by atoms with Crippen molar-refractivity contribution in [3.8, 4) is 5.75 Å². The number of anilines is 1. The molecule has 5 nitrogen and oxygen atoms in total. The summed E-state index contributed by atoms with van der Waals surface area (Å²) in [7, 11) is 0. The van der Waals surface area contributed by atoms with E-state index < -0.39 is 0 Å². The Bertz CT molecular complexity index is 1110. The first-order chi connectivity index (χ1) is 15.6. The Labute approximate surface area is 197 Å². The van der Waals surface area contributed by atoms with Crippen molar-refractivity contribution in [2.45, 2.75) is 19.4 Å². The summed E-state index contributed by atoms with van der Waals surface area (Å²) in [5.41, 5.74) is 5.85. The smallest absolute Gasteiger partial charge is 0.271 e. The molecule has 32 heavy (non-hydrogen) atoms. The molecule has 0 atom stereocenters. The highest BCUT2D eigenvalue weighted by Gasteiger charge is 2.13. The topological polar surface area (TPSA) is 53.9 Å². The second-order valence-electron chi connectivity index (χ2n) is 7.50. The fourth-order valence-corrected chi connectivity index (χ4v) is 4.00. The lowest BCUT2D eigenvalue weighted by atomic mass is 10.2. The largest absolute Gasteiger partial charge is 0.488 e. The van der Waals surface area contributed by atoms with Crippen LogP contribution in [0.2, 0.25) is 10.0 Å². The minimum atomic E-state index is -0.263. The summed E-state index contributed by atoms with van der Waals surface area (Å²) in [6.45, 7) is 2.43. The number of nitrogens with one attached hydrogen (secondary N) is 1. The molecule has 164 valence electrons. The van der Waals surface area contributed by atoms with E-state index in [1.165, 1.54) is 12.8 Å². The van der Waals surface area contributed by atoms with E-state index in [9.17, 15) is 4.79 Å². The summed E-state index contributed by atoms with van der Waals surface area (Å²) in [5, 5.41) is 5.23. The van der Waals surface area contributed by atoms with E-state index in [0.29, 0.717) is 21.4 Å². The molecule has 1 N–H and O–H groups in total. The Kier molecular flexibility index (Phi) is 7.30. The van der Waals surface area contributed by atoms with Crippen LogP contribution in [-0.4, -0.2) is 25.2 Å². The van der Waals surface area contributed by atoms with Crippen LogP contribution >= 0.6 is 23.2 Å². The summed E-state index contributed by atoms with van der Waals surface area (Å²) in [5.74, 6) is 0.368. The molecule has 1 fully saturated rings. The van der Waals surface area contributed by atoms with Crippen molar-refractivity contribution in [1.82, 2.24) is 5.43 Å². The first-order valence-corrected chi connectivity index (χ1v) is 11.2. The summed E-state index contributed by atoms with van der Waals surface area (Å²) in [6, 6.07) is 20.3. The van der Waals surface area contributed by atoms with Gasteiger partial charge in [0, 0.05) is 45.5 Å². The zero-order valence-corrected chi connectivity index (χ0v) is 18.9. The van der Waals surface area contributed by atoms with Crippen molar-refractivity contribution in [2.75, 3.05) is 18.0 Å². The van der Waals surface area contributed by atoms with Gasteiger partial charge >= 0.3 is 0 Å². The molecular formula is C25H23Cl2N3O2. The molecule has 1 heterocycles. The molecule has 0 unspecified atom stereocenters. The Hall–Kier alpha value is -3.02. The fraction of sp³-hybridized carbons (Fsp3) is 0.200. The third-order valence-corrected chi connectivity index (χ3v) is 5.87. The van der Waals surface area contributed by atoms with E-state index in [4.69, 9.17) is 27.9 Å². The van der Waals surface area contributed by atoms with Crippen molar-refractivity contribution in [2.24, 2.45) is 5.10 Å². The number of ether oxygens (including phenoxy) is 1. The van der Waals surface area contributed by atoms with Crippen LogP contribution in [0, 0.1) is 0 Å². The van der Waals surface area contributed by atoms with Gasteiger partial charge < -0.3 is 9.64 Å². The summed E-state index contributed by atoms with van der Waals surface area (Å²) < 4.78 is 5.91. The minimum Gasteiger partial charge on any atom is -0.488 e. The van der Waals surface area contributed by atoms with Crippen molar-refractivity contribution >= 4 is 41.0 Å². The first-order valence-electron chi connectivity index (χ1n) is 10.4. The standard InChI is InChI=1S/C25H23Cl2N3O2/c26-21-10-7-20(23(27)15-21)17-32-24-6-2-1-5-19(24)16-28-29-25(31)18-8-11-22(12-9-18)30-13-3-4-14-30/h1-2,5-12,15-16H,3-4,13-14,17H2,(H,29,31)/b28-16-. The van der Waals surface area contributed by atoms with Gasteiger partial charge in [-0.05, 0) is 61.4 Å². The lowest BCUT2D eigenvalue weighted by Crippen LogP contribution is -2.19. The third kappa shape index (κ3) is 5.61. The Morgan fingerprint density at radius 1 is 1.03 bits per heavy atom.